The second-order valence-electron chi connectivity index (χ2n) is 10.7. The Labute approximate surface area is 239 Å². The van der Waals surface area contributed by atoms with Crippen molar-refractivity contribution in [3.05, 3.63) is 77.8 Å². The van der Waals surface area contributed by atoms with Gasteiger partial charge in [-0.2, -0.15) is 0 Å². The molecule has 12 heteroatoms. The number of hydrogen-bond acceptors (Lipinski definition) is 7. The molecular weight excluding hydrogens is 552 g/mol. The van der Waals surface area contributed by atoms with Crippen molar-refractivity contribution in [1.82, 2.24) is 14.9 Å². The Balaban J connectivity index is 0.00000124. The lowest BCUT2D eigenvalue weighted by Crippen LogP contribution is -2.56. The molecule has 0 amide bonds. The summed E-state index contributed by atoms with van der Waals surface area (Å²) >= 11 is 0. The number of nitrogens with one attached hydrogen (secondary N) is 1. The molecule has 0 bridgehead atoms. The molecular formula is C29H35F2N5O4S. The summed E-state index contributed by atoms with van der Waals surface area (Å²) < 4.78 is 57.9. The number of likely N-dealkylation sites (N-methyl/N-ethyl adjacent to an activating group) is 1. The molecule has 220 valence electrons. The molecule has 2 aromatic carbocycles. The van der Waals surface area contributed by atoms with Crippen molar-refractivity contribution in [2.75, 3.05) is 36.8 Å². The summed E-state index contributed by atoms with van der Waals surface area (Å²) in [6.45, 7) is 0.976. The van der Waals surface area contributed by atoms with Crippen LogP contribution >= 0.6 is 0 Å². The Kier molecular flexibility index (Phi) is 9.54. The van der Waals surface area contributed by atoms with Gasteiger partial charge in [-0.3, -0.25) is 9.52 Å². The smallest absolute Gasteiger partial charge is 0.290 e. The summed E-state index contributed by atoms with van der Waals surface area (Å²) in [4.78, 5) is 19.0. The van der Waals surface area contributed by atoms with Crippen LogP contribution in [-0.2, 0) is 21.2 Å². The predicted molar refractivity (Wildman–Crippen MR) is 152 cm³/mol. The maximum Gasteiger partial charge on any atom is 0.290 e. The number of rotatable bonds is 9. The van der Waals surface area contributed by atoms with Gasteiger partial charge in [-0.15, -0.1) is 0 Å². The molecule has 5 rings (SSSR count). The summed E-state index contributed by atoms with van der Waals surface area (Å²) in [6.07, 6.45) is 8.67. The Morgan fingerprint density at radius 1 is 1.17 bits per heavy atom. The molecule has 2 heterocycles. The molecule has 1 aliphatic carbocycles. The van der Waals surface area contributed by atoms with Crippen molar-refractivity contribution in [3.63, 3.8) is 0 Å². The zero-order valence-electron chi connectivity index (χ0n) is 23.1. The molecule has 2 aliphatic rings. The second-order valence-corrected chi connectivity index (χ2v) is 12.3. The van der Waals surface area contributed by atoms with Crippen LogP contribution in [0.5, 0.6) is 0 Å². The van der Waals surface area contributed by atoms with Crippen molar-refractivity contribution in [1.29, 1.82) is 0 Å². The normalized spacial score (nSPS) is 18.9. The lowest BCUT2D eigenvalue weighted by Gasteiger charge is -2.48. The van der Waals surface area contributed by atoms with Gasteiger partial charge in [0.25, 0.3) is 16.5 Å². The molecule has 0 unspecified atom stereocenters. The molecule has 1 saturated carbocycles. The summed E-state index contributed by atoms with van der Waals surface area (Å²) in [5.41, 5.74) is 2.89. The van der Waals surface area contributed by atoms with Crippen LogP contribution in [0.25, 0.3) is 0 Å². The van der Waals surface area contributed by atoms with E-state index in [1.54, 1.807) is 0 Å². The molecule has 2 N–H and O–H groups in total. The van der Waals surface area contributed by atoms with Crippen molar-refractivity contribution >= 4 is 28.0 Å². The standard InChI is InChI=1S/C28H33F2N5O2S.CH2O2/c1-34(2)28(12-9-20-5-3-6-22(15-20)21-7-8-21)11-4-14-35(18-28)23-16-24(29)27(25(30)17-23)38(36,37)33-26-10-13-31-19-32-26;2-1-3/h3,5-6,10,13,15-17,19,21H,4,7-9,11-12,14,18H2,1-2H3,(H,31,32,33);1H,(H,2,3)/t28-;/m1./s1. The molecule has 0 spiro atoms. The molecule has 1 atom stereocenters. The lowest BCUT2D eigenvalue weighted by molar-refractivity contribution is -0.122. The monoisotopic (exact) mass is 587 g/mol. The largest absolute Gasteiger partial charge is 0.483 e. The van der Waals surface area contributed by atoms with Gasteiger partial charge >= 0.3 is 0 Å². The maximum absolute atomic E-state index is 15.2. The van der Waals surface area contributed by atoms with Crippen molar-refractivity contribution in [3.8, 4) is 0 Å². The van der Waals surface area contributed by atoms with E-state index in [0.717, 1.165) is 44.1 Å². The first-order valence-corrected chi connectivity index (χ1v) is 14.9. The highest BCUT2D eigenvalue weighted by atomic mass is 32.2. The SMILES string of the molecule is CN(C)[C@@]1(CCc2cccc(C3CC3)c2)CCCN(c2cc(F)c(S(=O)(=O)Nc3ccncn3)c(F)c2)C1.O=CO. The van der Waals surface area contributed by atoms with Gasteiger partial charge in [0, 0.05) is 30.5 Å². The molecule has 9 nitrogen and oxygen atoms in total. The van der Waals surface area contributed by atoms with Gasteiger partial charge in [0.2, 0.25) is 0 Å². The fourth-order valence-corrected chi connectivity index (χ4v) is 6.58. The second kappa shape index (κ2) is 12.9. The summed E-state index contributed by atoms with van der Waals surface area (Å²) in [7, 11) is -0.409. The van der Waals surface area contributed by atoms with E-state index in [4.69, 9.17) is 9.90 Å². The number of benzene rings is 2. The molecule has 2 fully saturated rings. The van der Waals surface area contributed by atoms with E-state index in [9.17, 15) is 8.42 Å². The zero-order valence-corrected chi connectivity index (χ0v) is 23.9. The van der Waals surface area contributed by atoms with Crippen molar-refractivity contribution in [2.45, 2.75) is 54.9 Å². The quantitative estimate of drug-likeness (QED) is 0.347. The number of halogens is 2. The minimum Gasteiger partial charge on any atom is -0.483 e. The van der Waals surface area contributed by atoms with Crippen LogP contribution in [0, 0.1) is 11.6 Å². The van der Waals surface area contributed by atoms with Gasteiger partial charge in [-0.25, -0.2) is 27.2 Å². The molecule has 1 saturated heterocycles. The van der Waals surface area contributed by atoms with Crippen LogP contribution in [0.1, 0.15) is 49.1 Å². The Bertz CT molecular complexity index is 1430. The molecule has 0 radical (unpaired) electrons. The van der Waals surface area contributed by atoms with Crippen LogP contribution in [0.15, 0.2) is 59.9 Å². The van der Waals surface area contributed by atoms with E-state index >= 15 is 8.78 Å². The number of carboxylic acid groups (broad SMARTS) is 1. The number of aromatic nitrogens is 2. The highest BCUT2D eigenvalue weighted by molar-refractivity contribution is 7.92. The van der Waals surface area contributed by atoms with Crippen LogP contribution < -0.4 is 9.62 Å². The van der Waals surface area contributed by atoms with Gasteiger partial charge < -0.3 is 14.9 Å². The summed E-state index contributed by atoms with van der Waals surface area (Å²) in [6, 6.07) is 12.4. The minimum absolute atomic E-state index is 0.0719. The first kappa shape index (κ1) is 30.3. The number of anilines is 2. The molecule has 1 aliphatic heterocycles. The highest BCUT2D eigenvalue weighted by Gasteiger charge is 2.38. The maximum atomic E-state index is 15.2. The van der Waals surface area contributed by atoms with Gasteiger partial charge in [0.15, 0.2) is 4.90 Å². The van der Waals surface area contributed by atoms with Gasteiger partial charge in [0.1, 0.15) is 23.8 Å². The van der Waals surface area contributed by atoms with E-state index in [2.05, 4.69) is 58.0 Å². The molecule has 41 heavy (non-hydrogen) atoms. The third-order valence-corrected chi connectivity index (χ3v) is 9.23. The third kappa shape index (κ3) is 7.36. The molecule has 3 aromatic rings. The Morgan fingerprint density at radius 3 is 2.49 bits per heavy atom. The number of sulfonamides is 1. The van der Waals surface area contributed by atoms with Crippen LogP contribution in [0.3, 0.4) is 0 Å². The molecule has 1 aromatic heterocycles. The fourth-order valence-electron chi connectivity index (χ4n) is 5.45. The summed E-state index contributed by atoms with van der Waals surface area (Å²) in [5, 5.41) is 6.89. The highest BCUT2D eigenvalue weighted by Crippen LogP contribution is 2.40. The number of hydrogen-bond donors (Lipinski definition) is 2. The van der Waals surface area contributed by atoms with E-state index < -0.39 is 26.6 Å². The van der Waals surface area contributed by atoms with E-state index in [-0.39, 0.29) is 17.8 Å². The van der Waals surface area contributed by atoms with Gasteiger partial charge in [-0.05, 0) is 87.9 Å². The van der Waals surface area contributed by atoms with Crippen LogP contribution in [0.2, 0.25) is 0 Å². The lowest BCUT2D eigenvalue weighted by atomic mass is 9.82. The Morgan fingerprint density at radius 2 is 1.88 bits per heavy atom. The zero-order chi connectivity index (χ0) is 29.6. The van der Waals surface area contributed by atoms with Crippen molar-refractivity contribution < 1.29 is 27.1 Å². The topological polar surface area (TPSA) is 116 Å². The average Bonchev–Trinajstić information content (AvgIpc) is 3.78. The minimum atomic E-state index is -4.52. The number of carbonyl (C=O) groups is 1. The predicted octanol–water partition coefficient (Wildman–Crippen LogP) is 4.67. The van der Waals surface area contributed by atoms with E-state index in [0.29, 0.717) is 24.7 Å². The van der Waals surface area contributed by atoms with E-state index in [1.807, 2.05) is 4.90 Å². The van der Waals surface area contributed by atoms with Crippen molar-refractivity contribution in [2.24, 2.45) is 0 Å². The fraction of sp³-hybridized carbons (Fsp3) is 0.414. The number of aryl methyl sites for hydroxylation is 1. The number of piperidine rings is 1. The Hall–Kier alpha value is -3.64. The number of nitrogens with zero attached hydrogens (tertiary/aromatic N) is 4. The van der Waals surface area contributed by atoms with Crippen LogP contribution in [0.4, 0.5) is 20.3 Å². The third-order valence-electron chi connectivity index (χ3n) is 7.82. The average molecular weight is 588 g/mol. The first-order valence-electron chi connectivity index (χ1n) is 13.5. The summed E-state index contributed by atoms with van der Waals surface area (Å²) in [5.74, 6) is -1.65. The van der Waals surface area contributed by atoms with Crippen LogP contribution in [-0.4, -0.2) is 67.6 Å². The van der Waals surface area contributed by atoms with Gasteiger partial charge in [-0.1, -0.05) is 24.3 Å². The van der Waals surface area contributed by atoms with Gasteiger partial charge in [0.05, 0.1) is 0 Å². The van der Waals surface area contributed by atoms with E-state index in [1.165, 1.54) is 36.2 Å². The first-order chi connectivity index (χ1) is 19.6.